The predicted octanol–water partition coefficient (Wildman–Crippen LogP) is 7.25. The molecule has 0 saturated carbocycles. The highest BCUT2D eigenvalue weighted by Gasteiger charge is 2.21. The summed E-state index contributed by atoms with van der Waals surface area (Å²) < 4.78 is 0. The number of phenolic OH excluding ortho intramolecular Hbond substituents is 2. The SMILES string of the molecule is CCCCC(CCC)c1cc(O)c(C(CCC)CCCC)cc1O. The van der Waals surface area contributed by atoms with Crippen molar-refractivity contribution in [3.05, 3.63) is 23.3 Å². The summed E-state index contributed by atoms with van der Waals surface area (Å²) in [6, 6.07) is 3.71. The third kappa shape index (κ3) is 6.03. The second-order valence-corrected chi connectivity index (χ2v) is 7.23. The van der Waals surface area contributed by atoms with Gasteiger partial charge in [0.15, 0.2) is 0 Å². The van der Waals surface area contributed by atoms with Crippen LogP contribution in [0.4, 0.5) is 0 Å². The average Bonchev–Trinajstić information content (AvgIpc) is 2.57. The summed E-state index contributed by atoms with van der Waals surface area (Å²) in [6.07, 6.45) is 11.2. The van der Waals surface area contributed by atoms with Gasteiger partial charge in [0.05, 0.1) is 0 Å². The molecule has 1 aromatic carbocycles. The van der Waals surface area contributed by atoms with Gasteiger partial charge >= 0.3 is 0 Å². The summed E-state index contributed by atoms with van der Waals surface area (Å²) in [7, 11) is 0. The molecule has 24 heavy (non-hydrogen) atoms. The molecule has 0 fully saturated rings. The van der Waals surface area contributed by atoms with Crippen molar-refractivity contribution in [2.24, 2.45) is 0 Å². The zero-order valence-electron chi connectivity index (χ0n) is 16.3. The maximum Gasteiger partial charge on any atom is 0.119 e. The highest BCUT2D eigenvalue weighted by Crippen LogP contribution is 2.41. The number of unbranched alkanes of at least 4 members (excludes halogenated alkanes) is 2. The van der Waals surface area contributed by atoms with Gasteiger partial charge in [-0.1, -0.05) is 66.2 Å². The van der Waals surface area contributed by atoms with E-state index in [1.54, 1.807) is 0 Å². The largest absolute Gasteiger partial charge is 0.508 e. The summed E-state index contributed by atoms with van der Waals surface area (Å²) in [4.78, 5) is 0. The van der Waals surface area contributed by atoms with Gasteiger partial charge in [-0.3, -0.25) is 0 Å². The Hall–Kier alpha value is -1.18. The van der Waals surface area contributed by atoms with Gasteiger partial charge in [-0.15, -0.1) is 0 Å². The first-order valence-electron chi connectivity index (χ1n) is 10.1. The van der Waals surface area contributed by atoms with Crippen molar-refractivity contribution >= 4 is 0 Å². The van der Waals surface area contributed by atoms with E-state index in [9.17, 15) is 10.2 Å². The molecule has 2 heteroatoms. The Bertz CT molecular complexity index is 424. The third-order valence-corrected chi connectivity index (χ3v) is 5.14. The Morgan fingerprint density at radius 2 is 1.00 bits per heavy atom. The van der Waals surface area contributed by atoms with E-state index in [4.69, 9.17) is 0 Å². The van der Waals surface area contributed by atoms with E-state index < -0.39 is 0 Å². The number of hydrogen-bond donors (Lipinski definition) is 2. The van der Waals surface area contributed by atoms with E-state index in [1.807, 2.05) is 12.1 Å². The summed E-state index contributed by atoms with van der Waals surface area (Å²) in [5, 5.41) is 21.3. The van der Waals surface area contributed by atoms with Crippen molar-refractivity contribution < 1.29 is 10.2 Å². The highest BCUT2D eigenvalue weighted by atomic mass is 16.3. The molecule has 0 spiro atoms. The van der Waals surface area contributed by atoms with Crippen LogP contribution in [0.2, 0.25) is 0 Å². The molecule has 0 radical (unpaired) electrons. The van der Waals surface area contributed by atoms with E-state index in [0.29, 0.717) is 23.3 Å². The second kappa shape index (κ2) is 11.4. The lowest BCUT2D eigenvalue weighted by molar-refractivity contribution is 0.423. The quantitative estimate of drug-likeness (QED) is 0.395. The van der Waals surface area contributed by atoms with Crippen molar-refractivity contribution in [2.75, 3.05) is 0 Å². The van der Waals surface area contributed by atoms with E-state index in [1.165, 1.54) is 25.7 Å². The van der Waals surface area contributed by atoms with Crippen LogP contribution in [0.5, 0.6) is 11.5 Å². The Labute approximate surface area is 149 Å². The molecule has 1 rings (SSSR count). The predicted molar refractivity (Wildman–Crippen MR) is 104 cm³/mol. The Balaban J connectivity index is 3.08. The average molecular weight is 335 g/mol. The van der Waals surface area contributed by atoms with Gasteiger partial charge in [0.1, 0.15) is 11.5 Å². The van der Waals surface area contributed by atoms with Crippen molar-refractivity contribution in [1.82, 2.24) is 0 Å². The fourth-order valence-corrected chi connectivity index (χ4v) is 3.77. The van der Waals surface area contributed by atoms with E-state index in [0.717, 1.165) is 49.7 Å². The topological polar surface area (TPSA) is 40.5 Å². The smallest absolute Gasteiger partial charge is 0.119 e. The second-order valence-electron chi connectivity index (χ2n) is 7.23. The fourth-order valence-electron chi connectivity index (χ4n) is 3.77. The van der Waals surface area contributed by atoms with Gasteiger partial charge in [-0.2, -0.15) is 0 Å². The van der Waals surface area contributed by atoms with Crippen LogP contribution in [0.15, 0.2) is 12.1 Å². The Morgan fingerprint density at radius 3 is 1.29 bits per heavy atom. The normalized spacial score (nSPS) is 13.8. The molecular weight excluding hydrogens is 296 g/mol. The molecule has 2 unspecified atom stereocenters. The van der Waals surface area contributed by atoms with E-state index in [-0.39, 0.29) is 0 Å². The summed E-state index contributed by atoms with van der Waals surface area (Å²) in [6.45, 7) is 8.78. The van der Waals surface area contributed by atoms with Crippen LogP contribution in [0.1, 0.15) is 115 Å². The van der Waals surface area contributed by atoms with E-state index in [2.05, 4.69) is 27.7 Å². The zero-order chi connectivity index (χ0) is 17.9. The summed E-state index contributed by atoms with van der Waals surface area (Å²) >= 11 is 0. The first-order chi connectivity index (χ1) is 11.6. The molecule has 138 valence electrons. The van der Waals surface area contributed by atoms with Crippen LogP contribution >= 0.6 is 0 Å². The molecule has 0 aliphatic heterocycles. The molecule has 0 aliphatic carbocycles. The molecule has 0 heterocycles. The van der Waals surface area contributed by atoms with Crippen LogP contribution in [0.3, 0.4) is 0 Å². The van der Waals surface area contributed by atoms with Crippen molar-refractivity contribution in [3.63, 3.8) is 0 Å². The maximum absolute atomic E-state index is 10.6. The lowest BCUT2D eigenvalue weighted by Crippen LogP contribution is -2.03. The zero-order valence-corrected chi connectivity index (χ0v) is 16.3. The van der Waals surface area contributed by atoms with Crippen LogP contribution < -0.4 is 0 Å². The minimum absolute atomic E-state index is 0.357. The van der Waals surface area contributed by atoms with Gasteiger partial charge in [-0.25, -0.2) is 0 Å². The molecule has 2 N–H and O–H groups in total. The van der Waals surface area contributed by atoms with Gasteiger partial charge < -0.3 is 10.2 Å². The first-order valence-corrected chi connectivity index (χ1v) is 10.1. The van der Waals surface area contributed by atoms with Crippen molar-refractivity contribution in [1.29, 1.82) is 0 Å². The maximum atomic E-state index is 10.6. The number of hydrogen-bond acceptors (Lipinski definition) is 2. The molecule has 2 atom stereocenters. The molecule has 2 nitrogen and oxygen atoms in total. The van der Waals surface area contributed by atoms with Crippen LogP contribution in [0, 0.1) is 0 Å². The Kier molecular flexibility index (Phi) is 9.90. The lowest BCUT2D eigenvalue weighted by atomic mass is 9.84. The highest BCUT2D eigenvalue weighted by molar-refractivity contribution is 5.48. The van der Waals surface area contributed by atoms with Gasteiger partial charge in [0.25, 0.3) is 0 Å². The number of aromatic hydroxyl groups is 2. The lowest BCUT2D eigenvalue weighted by Gasteiger charge is -2.22. The van der Waals surface area contributed by atoms with Crippen molar-refractivity contribution in [2.45, 2.75) is 104 Å². The minimum atomic E-state index is 0.357. The molecule has 0 aliphatic rings. The standard InChI is InChI=1S/C22H38O2/c1-5-9-13-17(11-7-3)19-15-22(24)20(16-21(19)23)18(12-8-4)14-10-6-2/h15-18,23-24H,5-14H2,1-4H3. The molecule has 0 bridgehead atoms. The molecule has 0 amide bonds. The molecule has 0 aromatic heterocycles. The molecule has 0 saturated heterocycles. The van der Waals surface area contributed by atoms with E-state index >= 15 is 0 Å². The number of rotatable bonds is 12. The monoisotopic (exact) mass is 334 g/mol. The van der Waals surface area contributed by atoms with Gasteiger partial charge in [0, 0.05) is 11.1 Å². The van der Waals surface area contributed by atoms with Gasteiger partial charge in [-0.05, 0) is 49.7 Å². The summed E-state index contributed by atoms with van der Waals surface area (Å²) in [5.41, 5.74) is 1.88. The van der Waals surface area contributed by atoms with Crippen LogP contribution in [0.25, 0.3) is 0 Å². The van der Waals surface area contributed by atoms with Crippen molar-refractivity contribution in [3.8, 4) is 11.5 Å². The fraction of sp³-hybridized carbons (Fsp3) is 0.727. The third-order valence-electron chi connectivity index (χ3n) is 5.14. The Morgan fingerprint density at radius 1 is 0.625 bits per heavy atom. The van der Waals surface area contributed by atoms with Crippen LogP contribution in [-0.2, 0) is 0 Å². The number of benzene rings is 1. The minimum Gasteiger partial charge on any atom is -0.508 e. The van der Waals surface area contributed by atoms with Crippen LogP contribution in [-0.4, -0.2) is 10.2 Å². The first kappa shape index (κ1) is 20.9. The van der Waals surface area contributed by atoms with Gasteiger partial charge in [0.2, 0.25) is 0 Å². The number of phenols is 2. The molecule has 1 aromatic rings. The summed E-state index contributed by atoms with van der Waals surface area (Å²) in [5.74, 6) is 1.48. The molecular formula is C22H38O2.